The molecular weight excluding hydrogens is 352 g/mol. The van der Waals surface area contributed by atoms with Crippen LogP contribution in [0, 0.1) is 0 Å². The maximum absolute atomic E-state index is 11.8. The molecule has 0 atom stereocenters. The van der Waals surface area contributed by atoms with Gasteiger partial charge in [-0.15, -0.1) is 0 Å². The maximum atomic E-state index is 11.8. The molecule has 0 aliphatic rings. The molecule has 1 aromatic heterocycles. The first-order valence-corrected chi connectivity index (χ1v) is 7.03. The van der Waals surface area contributed by atoms with Gasteiger partial charge in [-0.05, 0) is 18.2 Å². The van der Waals surface area contributed by atoms with Crippen molar-refractivity contribution >= 4 is 44.3 Å². The molecule has 1 heterocycles. The van der Waals surface area contributed by atoms with Gasteiger partial charge in [0.25, 0.3) is 0 Å². The predicted molar refractivity (Wildman–Crippen MR) is 85.2 cm³/mol. The Kier molecular flexibility index (Phi) is 5.11. The number of anilines is 1. The molecule has 0 aliphatic heterocycles. The van der Waals surface area contributed by atoms with Crippen LogP contribution in [0.25, 0.3) is 10.8 Å². The molecule has 0 saturated heterocycles. The van der Waals surface area contributed by atoms with E-state index in [9.17, 15) is 9.59 Å². The van der Waals surface area contributed by atoms with E-state index in [2.05, 4.69) is 35.7 Å². The monoisotopic (exact) mass is 364 g/mol. The Morgan fingerprint density at radius 1 is 1.18 bits per heavy atom. The minimum absolute atomic E-state index is 0.0187. The summed E-state index contributed by atoms with van der Waals surface area (Å²) in [4.78, 5) is 27.2. The number of nitrogens with zero attached hydrogens (tertiary/aromatic N) is 1. The van der Waals surface area contributed by atoms with E-state index < -0.39 is 11.9 Å². The van der Waals surface area contributed by atoms with E-state index in [1.807, 2.05) is 6.07 Å². The van der Waals surface area contributed by atoms with Gasteiger partial charge in [-0.1, -0.05) is 15.9 Å². The summed E-state index contributed by atoms with van der Waals surface area (Å²) in [6.45, 7) is 0. The number of esters is 2. The largest absolute Gasteiger partial charge is 0.466 e. The summed E-state index contributed by atoms with van der Waals surface area (Å²) in [6.07, 6.45) is 4.38. The van der Waals surface area contributed by atoms with Gasteiger partial charge >= 0.3 is 11.9 Å². The quantitative estimate of drug-likeness (QED) is 0.663. The van der Waals surface area contributed by atoms with Crippen LogP contribution in [0.15, 0.2) is 46.8 Å². The molecule has 22 heavy (non-hydrogen) atoms. The van der Waals surface area contributed by atoms with Gasteiger partial charge in [-0.3, -0.25) is 4.98 Å². The third-order valence-electron chi connectivity index (χ3n) is 2.90. The van der Waals surface area contributed by atoms with Gasteiger partial charge in [0.05, 0.1) is 20.3 Å². The molecule has 0 unspecified atom stereocenters. The van der Waals surface area contributed by atoms with Crippen LogP contribution >= 0.6 is 15.9 Å². The number of fused-ring (bicyclic) bond motifs is 1. The van der Waals surface area contributed by atoms with Crippen LogP contribution in [0.2, 0.25) is 0 Å². The molecular formula is C15H13BrN2O4. The Hall–Kier alpha value is -2.41. The first-order valence-electron chi connectivity index (χ1n) is 6.24. The van der Waals surface area contributed by atoms with Crippen molar-refractivity contribution in [3.63, 3.8) is 0 Å². The number of carbonyl (C=O) groups is 2. The minimum atomic E-state index is -0.671. The number of halogens is 1. The van der Waals surface area contributed by atoms with Crippen molar-refractivity contribution in [2.75, 3.05) is 19.5 Å². The molecule has 114 valence electrons. The van der Waals surface area contributed by atoms with Crippen LogP contribution in [0.1, 0.15) is 0 Å². The van der Waals surface area contributed by atoms with Crippen molar-refractivity contribution in [2.24, 2.45) is 0 Å². The summed E-state index contributed by atoms with van der Waals surface area (Å²) in [5.74, 6) is -1.33. The van der Waals surface area contributed by atoms with Gasteiger partial charge in [-0.2, -0.15) is 0 Å². The topological polar surface area (TPSA) is 77.5 Å². The van der Waals surface area contributed by atoms with Gasteiger partial charge in [0.1, 0.15) is 5.70 Å². The van der Waals surface area contributed by atoms with Gasteiger partial charge in [-0.25, -0.2) is 9.59 Å². The highest BCUT2D eigenvalue weighted by atomic mass is 79.9. The Bertz CT molecular complexity index is 758. The molecule has 0 spiro atoms. The third-order valence-corrected chi connectivity index (χ3v) is 3.59. The van der Waals surface area contributed by atoms with E-state index in [1.54, 1.807) is 24.5 Å². The number of methoxy groups -OCH3 is 2. The Labute approximate surface area is 135 Å². The van der Waals surface area contributed by atoms with E-state index in [0.717, 1.165) is 21.3 Å². The van der Waals surface area contributed by atoms with Crippen LogP contribution in [-0.2, 0) is 19.1 Å². The van der Waals surface area contributed by atoms with Crippen LogP contribution < -0.4 is 5.32 Å². The zero-order valence-corrected chi connectivity index (χ0v) is 13.5. The lowest BCUT2D eigenvalue weighted by Crippen LogP contribution is -2.15. The van der Waals surface area contributed by atoms with Crippen molar-refractivity contribution in [3.05, 3.63) is 46.8 Å². The summed E-state index contributed by atoms with van der Waals surface area (Å²) in [5.41, 5.74) is 0.621. The van der Waals surface area contributed by atoms with E-state index >= 15 is 0 Å². The fourth-order valence-electron chi connectivity index (χ4n) is 1.84. The first kappa shape index (κ1) is 16.0. The smallest absolute Gasteiger partial charge is 0.354 e. The molecule has 0 amide bonds. The fourth-order valence-corrected chi connectivity index (χ4v) is 2.29. The summed E-state index contributed by atoms with van der Waals surface area (Å²) in [7, 11) is 2.47. The van der Waals surface area contributed by atoms with Crippen molar-refractivity contribution in [2.45, 2.75) is 0 Å². The van der Waals surface area contributed by atoms with E-state index in [4.69, 9.17) is 0 Å². The van der Waals surface area contributed by atoms with Crippen molar-refractivity contribution in [3.8, 4) is 0 Å². The summed E-state index contributed by atoms with van der Waals surface area (Å²) < 4.78 is 10.1. The van der Waals surface area contributed by atoms with Crippen molar-refractivity contribution in [1.29, 1.82) is 0 Å². The number of benzene rings is 1. The van der Waals surface area contributed by atoms with Crippen molar-refractivity contribution in [1.82, 2.24) is 4.98 Å². The number of hydrogen-bond acceptors (Lipinski definition) is 6. The van der Waals surface area contributed by atoms with Gasteiger partial charge in [0.15, 0.2) is 0 Å². The van der Waals surface area contributed by atoms with Gasteiger partial charge in [0.2, 0.25) is 0 Å². The van der Waals surface area contributed by atoms with Crippen LogP contribution in [0.3, 0.4) is 0 Å². The number of carbonyl (C=O) groups excluding carboxylic acids is 2. The Balaban J connectivity index is 2.47. The molecule has 6 nitrogen and oxygen atoms in total. The molecule has 0 fully saturated rings. The molecule has 0 bridgehead atoms. The average molecular weight is 365 g/mol. The average Bonchev–Trinajstić information content (AvgIpc) is 2.55. The van der Waals surface area contributed by atoms with Crippen LogP contribution in [0.5, 0.6) is 0 Å². The molecule has 2 rings (SSSR count). The summed E-state index contributed by atoms with van der Waals surface area (Å²) in [5, 5.41) is 4.61. The molecule has 0 radical (unpaired) electrons. The molecule has 7 heteroatoms. The molecule has 1 N–H and O–H groups in total. The normalized spacial score (nSPS) is 11.1. The van der Waals surface area contributed by atoms with Crippen molar-refractivity contribution < 1.29 is 19.1 Å². The van der Waals surface area contributed by atoms with Crippen LogP contribution in [0.4, 0.5) is 5.69 Å². The Morgan fingerprint density at radius 3 is 2.64 bits per heavy atom. The first-order chi connectivity index (χ1) is 10.6. The molecule has 0 aliphatic carbocycles. The highest BCUT2D eigenvalue weighted by Gasteiger charge is 2.14. The second-order valence-electron chi connectivity index (χ2n) is 4.21. The summed E-state index contributed by atoms with van der Waals surface area (Å²) >= 11 is 3.44. The fraction of sp³-hybridized carbons (Fsp3) is 0.133. The van der Waals surface area contributed by atoms with E-state index in [-0.39, 0.29) is 5.70 Å². The highest BCUT2D eigenvalue weighted by molar-refractivity contribution is 9.10. The molecule has 1 aromatic carbocycles. The highest BCUT2D eigenvalue weighted by Crippen LogP contribution is 2.30. The number of aromatic nitrogens is 1. The summed E-state index contributed by atoms with van der Waals surface area (Å²) in [6, 6.07) is 5.40. The van der Waals surface area contributed by atoms with Gasteiger partial charge in [0, 0.05) is 33.3 Å². The van der Waals surface area contributed by atoms with Gasteiger partial charge < -0.3 is 14.8 Å². The lowest BCUT2D eigenvalue weighted by Gasteiger charge is -2.12. The predicted octanol–water partition coefficient (Wildman–Crippen LogP) is 2.64. The maximum Gasteiger partial charge on any atom is 0.354 e. The number of ether oxygens (including phenoxy) is 2. The second-order valence-corrected chi connectivity index (χ2v) is 5.07. The second kappa shape index (κ2) is 7.04. The van der Waals surface area contributed by atoms with E-state index in [0.29, 0.717) is 5.69 Å². The minimum Gasteiger partial charge on any atom is -0.466 e. The SMILES string of the molecule is COC(=O)/C=C(/Nc1ccc(Br)c2cnccc12)C(=O)OC. The van der Waals surface area contributed by atoms with E-state index in [1.165, 1.54) is 14.2 Å². The zero-order chi connectivity index (χ0) is 16.1. The number of hydrogen-bond donors (Lipinski definition) is 1. The Morgan fingerprint density at radius 2 is 1.95 bits per heavy atom. The zero-order valence-electron chi connectivity index (χ0n) is 11.9. The molecule has 0 saturated carbocycles. The molecule has 2 aromatic rings. The number of rotatable bonds is 4. The number of pyridine rings is 1. The third kappa shape index (κ3) is 3.43. The lowest BCUT2D eigenvalue weighted by molar-refractivity contribution is -0.138. The number of nitrogens with one attached hydrogen (secondary N) is 1. The standard InChI is InChI=1S/C15H13BrN2O4/c1-21-14(19)7-13(15(20)22-2)18-12-4-3-11(16)10-8-17-6-5-9(10)12/h3-8,18H,1-2H3/b13-7+. The lowest BCUT2D eigenvalue weighted by atomic mass is 10.1. The van der Waals surface area contributed by atoms with Crippen LogP contribution in [-0.4, -0.2) is 31.1 Å².